The molecular formula is C12H13ClO4. The summed E-state index contributed by atoms with van der Waals surface area (Å²) in [6.07, 6.45) is 0. The summed E-state index contributed by atoms with van der Waals surface area (Å²) in [5.74, 6) is -1.93. The molecule has 0 aliphatic rings. The number of hydrogen-bond donors (Lipinski definition) is 1. The van der Waals surface area contributed by atoms with Gasteiger partial charge in [0, 0.05) is 5.56 Å². The number of benzene rings is 1. The quantitative estimate of drug-likeness (QED) is 0.665. The first-order valence-corrected chi connectivity index (χ1v) is 5.41. The summed E-state index contributed by atoms with van der Waals surface area (Å²) in [6.45, 7) is 3.81. The van der Waals surface area contributed by atoms with Crippen LogP contribution in [0.4, 0.5) is 0 Å². The van der Waals surface area contributed by atoms with Gasteiger partial charge in [-0.15, -0.1) is 0 Å². The second kappa shape index (κ2) is 5.19. The summed E-state index contributed by atoms with van der Waals surface area (Å²) >= 11 is 5.96. The number of methoxy groups -OCH3 is 1. The van der Waals surface area contributed by atoms with Crippen LogP contribution in [-0.4, -0.2) is 24.0 Å². The van der Waals surface area contributed by atoms with Gasteiger partial charge in [0.25, 0.3) is 5.78 Å². The van der Waals surface area contributed by atoms with Gasteiger partial charge in [-0.1, -0.05) is 25.4 Å². The zero-order chi connectivity index (χ0) is 13.2. The average Bonchev–Trinajstić information content (AvgIpc) is 2.26. The van der Waals surface area contributed by atoms with Crippen molar-refractivity contribution in [1.82, 2.24) is 0 Å². The first-order chi connectivity index (χ1) is 7.88. The molecule has 1 N–H and O–H groups in total. The van der Waals surface area contributed by atoms with Crippen LogP contribution in [0.15, 0.2) is 12.1 Å². The molecule has 0 aromatic heterocycles. The second-order valence-electron chi connectivity index (χ2n) is 3.87. The molecule has 0 atom stereocenters. The molecule has 0 aliphatic heterocycles. The van der Waals surface area contributed by atoms with E-state index in [1.807, 2.05) is 13.8 Å². The first-order valence-electron chi connectivity index (χ1n) is 5.03. The molecule has 0 aliphatic carbocycles. The Balaban J connectivity index is 3.39. The van der Waals surface area contributed by atoms with Crippen LogP contribution >= 0.6 is 11.6 Å². The van der Waals surface area contributed by atoms with E-state index in [9.17, 15) is 9.59 Å². The van der Waals surface area contributed by atoms with Crippen molar-refractivity contribution in [2.45, 2.75) is 19.8 Å². The second-order valence-corrected chi connectivity index (χ2v) is 4.28. The summed E-state index contributed by atoms with van der Waals surface area (Å²) < 4.78 is 5.14. The van der Waals surface area contributed by atoms with Crippen molar-refractivity contribution < 1.29 is 19.4 Å². The van der Waals surface area contributed by atoms with Crippen molar-refractivity contribution in [3.63, 3.8) is 0 Å². The van der Waals surface area contributed by atoms with Gasteiger partial charge in [0.2, 0.25) is 0 Å². The largest absolute Gasteiger partial charge is 0.495 e. The Morgan fingerprint density at radius 3 is 2.35 bits per heavy atom. The molecule has 1 aromatic carbocycles. The minimum atomic E-state index is -1.50. The van der Waals surface area contributed by atoms with Crippen LogP contribution in [0, 0.1) is 0 Å². The third-order valence-corrected chi connectivity index (χ3v) is 2.64. The van der Waals surface area contributed by atoms with E-state index < -0.39 is 11.8 Å². The molecular weight excluding hydrogens is 244 g/mol. The van der Waals surface area contributed by atoms with Gasteiger partial charge >= 0.3 is 5.97 Å². The smallest absolute Gasteiger partial charge is 0.377 e. The summed E-state index contributed by atoms with van der Waals surface area (Å²) in [4.78, 5) is 22.0. The molecule has 0 spiro atoms. The van der Waals surface area contributed by atoms with E-state index in [2.05, 4.69) is 0 Å². The number of halogens is 1. The number of carboxylic acids is 1. The molecule has 0 radical (unpaired) electrons. The van der Waals surface area contributed by atoms with Crippen LogP contribution in [0.25, 0.3) is 0 Å². The van der Waals surface area contributed by atoms with Gasteiger partial charge in [-0.2, -0.15) is 0 Å². The van der Waals surface area contributed by atoms with Gasteiger partial charge in [-0.05, 0) is 23.6 Å². The maximum atomic E-state index is 11.4. The van der Waals surface area contributed by atoms with Crippen LogP contribution in [0.5, 0.6) is 5.75 Å². The summed E-state index contributed by atoms with van der Waals surface area (Å²) in [5.41, 5.74) is 0.775. The number of carbonyl (C=O) groups is 2. The highest BCUT2D eigenvalue weighted by Gasteiger charge is 2.20. The predicted octanol–water partition coefficient (Wildman–Crippen LogP) is 2.74. The third-order valence-electron chi connectivity index (χ3n) is 2.35. The Morgan fingerprint density at radius 1 is 1.35 bits per heavy atom. The molecule has 92 valence electrons. The minimum Gasteiger partial charge on any atom is -0.495 e. The number of carboxylic acid groups (broad SMARTS) is 1. The molecule has 17 heavy (non-hydrogen) atoms. The number of ether oxygens (including phenoxy) is 1. The van der Waals surface area contributed by atoms with Gasteiger partial charge in [-0.25, -0.2) is 4.79 Å². The number of rotatable bonds is 4. The summed E-state index contributed by atoms with van der Waals surface area (Å²) in [7, 11) is 1.48. The average molecular weight is 257 g/mol. The lowest BCUT2D eigenvalue weighted by atomic mass is 9.98. The number of hydrogen-bond acceptors (Lipinski definition) is 3. The molecule has 0 saturated heterocycles. The van der Waals surface area contributed by atoms with E-state index in [1.54, 1.807) is 0 Å². The lowest BCUT2D eigenvalue weighted by molar-refractivity contribution is -0.131. The molecule has 0 unspecified atom stereocenters. The highest BCUT2D eigenvalue weighted by atomic mass is 35.5. The summed E-state index contributed by atoms with van der Waals surface area (Å²) in [5, 5.41) is 8.90. The lowest BCUT2D eigenvalue weighted by Gasteiger charge is -2.14. The molecule has 0 saturated carbocycles. The Kier molecular flexibility index (Phi) is 4.12. The fourth-order valence-corrected chi connectivity index (χ4v) is 1.82. The molecule has 0 amide bonds. The Labute approximate surface area is 104 Å². The fourth-order valence-electron chi connectivity index (χ4n) is 1.51. The van der Waals surface area contributed by atoms with Gasteiger partial charge < -0.3 is 9.84 Å². The van der Waals surface area contributed by atoms with E-state index in [1.165, 1.54) is 19.2 Å². The maximum Gasteiger partial charge on any atom is 0.377 e. The molecule has 4 nitrogen and oxygen atoms in total. The highest BCUT2D eigenvalue weighted by molar-refractivity contribution is 6.41. The zero-order valence-electron chi connectivity index (χ0n) is 9.78. The Morgan fingerprint density at radius 2 is 1.94 bits per heavy atom. The number of carbonyl (C=O) groups excluding carboxylic acids is 1. The van der Waals surface area contributed by atoms with Crippen molar-refractivity contribution in [3.8, 4) is 5.75 Å². The van der Waals surface area contributed by atoms with Crippen molar-refractivity contribution >= 4 is 23.4 Å². The van der Waals surface area contributed by atoms with Crippen molar-refractivity contribution in [2.75, 3.05) is 7.11 Å². The molecule has 0 fully saturated rings. The number of aliphatic carboxylic acids is 1. The van der Waals surface area contributed by atoms with E-state index >= 15 is 0 Å². The molecule has 1 aromatic rings. The van der Waals surface area contributed by atoms with E-state index in [0.29, 0.717) is 11.3 Å². The van der Waals surface area contributed by atoms with Crippen LogP contribution in [-0.2, 0) is 4.79 Å². The van der Waals surface area contributed by atoms with E-state index in [4.69, 9.17) is 21.4 Å². The highest BCUT2D eigenvalue weighted by Crippen LogP contribution is 2.34. The van der Waals surface area contributed by atoms with E-state index in [-0.39, 0.29) is 16.5 Å². The first kappa shape index (κ1) is 13.5. The predicted molar refractivity (Wildman–Crippen MR) is 64.1 cm³/mol. The maximum absolute atomic E-state index is 11.4. The van der Waals surface area contributed by atoms with Crippen LogP contribution in [0.3, 0.4) is 0 Å². The number of ketones is 1. The Bertz CT molecular complexity index is 466. The normalized spacial score (nSPS) is 10.4. The van der Waals surface area contributed by atoms with Gasteiger partial charge in [0.15, 0.2) is 0 Å². The van der Waals surface area contributed by atoms with Gasteiger partial charge in [-0.3, -0.25) is 4.79 Å². The van der Waals surface area contributed by atoms with Gasteiger partial charge in [0.05, 0.1) is 12.1 Å². The van der Waals surface area contributed by atoms with E-state index in [0.717, 1.165) is 0 Å². The molecule has 0 bridgehead atoms. The minimum absolute atomic E-state index is 0.0620. The van der Waals surface area contributed by atoms with Crippen LogP contribution < -0.4 is 4.74 Å². The third kappa shape index (κ3) is 2.77. The van der Waals surface area contributed by atoms with Gasteiger partial charge in [0.1, 0.15) is 5.75 Å². The topological polar surface area (TPSA) is 63.6 Å². The van der Waals surface area contributed by atoms with Crippen LogP contribution in [0.2, 0.25) is 5.02 Å². The SMILES string of the molecule is COc1c(Cl)cc(C(=O)C(=O)O)cc1C(C)C. The van der Waals surface area contributed by atoms with Crippen LogP contribution in [0.1, 0.15) is 35.7 Å². The van der Waals surface area contributed by atoms with Crippen molar-refractivity contribution in [2.24, 2.45) is 0 Å². The molecule has 5 heteroatoms. The monoisotopic (exact) mass is 256 g/mol. The standard InChI is InChI=1S/C12H13ClO4/c1-6(2)8-4-7(10(14)12(15)16)5-9(13)11(8)17-3/h4-6H,1-3H3,(H,15,16). The zero-order valence-corrected chi connectivity index (χ0v) is 10.5. The molecule has 0 heterocycles. The fraction of sp³-hybridized carbons (Fsp3) is 0.333. The lowest BCUT2D eigenvalue weighted by Crippen LogP contribution is -2.13. The molecule has 1 rings (SSSR count). The van der Waals surface area contributed by atoms with Crippen molar-refractivity contribution in [3.05, 3.63) is 28.3 Å². The number of Topliss-reactive ketones (excluding diaryl/α,β-unsaturated/α-hetero) is 1. The Hall–Kier alpha value is -1.55. The summed E-state index contributed by atoms with van der Waals surface area (Å²) in [6, 6.07) is 2.81. The van der Waals surface area contributed by atoms with Crippen molar-refractivity contribution in [1.29, 1.82) is 0 Å².